The average Bonchev–Trinajstić information content (AvgIpc) is 2.52. The highest BCUT2D eigenvalue weighted by Crippen LogP contribution is 2.23. The molecule has 0 bridgehead atoms. The first kappa shape index (κ1) is 17.6. The van der Waals surface area contributed by atoms with Gasteiger partial charge in [0.25, 0.3) is 0 Å². The predicted molar refractivity (Wildman–Crippen MR) is 100 cm³/mol. The molecule has 0 heterocycles. The van der Waals surface area contributed by atoms with Crippen LogP contribution in [0.3, 0.4) is 0 Å². The van der Waals surface area contributed by atoms with E-state index in [2.05, 4.69) is 45.0 Å². The van der Waals surface area contributed by atoms with E-state index in [4.69, 9.17) is 17.0 Å². The molecule has 2 aromatic rings. The van der Waals surface area contributed by atoms with Crippen LogP contribution in [0.5, 0.6) is 0 Å². The van der Waals surface area contributed by atoms with Crippen LogP contribution in [0.25, 0.3) is 0 Å². The van der Waals surface area contributed by atoms with E-state index in [0.717, 1.165) is 34.7 Å². The van der Waals surface area contributed by atoms with Crippen molar-refractivity contribution < 1.29 is 0 Å². The van der Waals surface area contributed by atoms with Crippen LogP contribution < -0.4 is 0 Å². The number of amidine groups is 1. The van der Waals surface area contributed by atoms with Gasteiger partial charge in [0.1, 0.15) is 5.84 Å². The van der Waals surface area contributed by atoms with Crippen LogP contribution in [0.4, 0.5) is 0 Å². The molecular formula is C20H25ClN2. The second kappa shape index (κ2) is 7.18. The summed E-state index contributed by atoms with van der Waals surface area (Å²) in [7, 11) is 1.96. The zero-order valence-electron chi connectivity index (χ0n) is 14.6. The van der Waals surface area contributed by atoms with Gasteiger partial charge in [-0.3, -0.25) is 5.41 Å². The Labute approximate surface area is 144 Å². The number of halogens is 1. The molecule has 2 aromatic carbocycles. The molecule has 0 amide bonds. The zero-order valence-corrected chi connectivity index (χ0v) is 15.4. The molecule has 0 atom stereocenters. The van der Waals surface area contributed by atoms with Crippen molar-refractivity contribution in [3.8, 4) is 0 Å². The quantitative estimate of drug-likeness (QED) is 0.611. The third kappa shape index (κ3) is 3.94. The van der Waals surface area contributed by atoms with Crippen molar-refractivity contribution in [1.82, 2.24) is 4.90 Å². The van der Waals surface area contributed by atoms with E-state index in [1.807, 2.05) is 24.9 Å². The van der Waals surface area contributed by atoms with Gasteiger partial charge >= 0.3 is 0 Å². The summed E-state index contributed by atoms with van der Waals surface area (Å²) in [6, 6.07) is 10.6. The van der Waals surface area contributed by atoms with Gasteiger partial charge in [-0.1, -0.05) is 29.8 Å². The first-order chi connectivity index (χ1) is 10.8. The fourth-order valence-corrected chi connectivity index (χ4v) is 2.85. The highest BCUT2D eigenvalue weighted by molar-refractivity contribution is 6.31. The molecular weight excluding hydrogens is 304 g/mol. The molecule has 0 radical (unpaired) electrons. The zero-order chi connectivity index (χ0) is 17.1. The Kier molecular flexibility index (Phi) is 5.48. The van der Waals surface area contributed by atoms with Crippen molar-refractivity contribution in [2.45, 2.75) is 34.1 Å². The third-order valence-electron chi connectivity index (χ3n) is 4.42. The van der Waals surface area contributed by atoms with Gasteiger partial charge in [0.05, 0.1) is 0 Å². The molecule has 0 saturated heterocycles. The monoisotopic (exact) mass is 328 g/mol. The lowest BCUT2D eigenvalue weighted by Crippen LogP contribution is -2.27. The minimum absolute atomic E-state index is 0.582. The van der Waals surface area contributed by atoms with Crippen LogP contribution in [-0.2, 0) is 6.42 Å². The highest BCUT2D eigenvalue weighted by Gasteiger charge is 2.12. The van der Waals surface area contributed by atoms with Crippen LogP contribution in [0, 0.1) is 26.2 Å². The van der Waals surface area contributed by atoms with E-state index in [-0.39, 0.29) is 0 Å². The van der Waals surface area contributed by atoms with Crippen molar-refractivity contribution in [3.05, 3.63) is 68.7 Å². The Balaban J connectivity index is 2.32. The molecule has 1 N–H and O–H groups in total. The molecule has 0 fully saturated rings. The van der Waals surface area contributed by atoms with E-state index in [0.29, 0.717) is 5.84 Å². The first-order valence-electron chi connectivity index (χ1n) is 7.98. The summed E-state index contributed by atoms with van der Waals surface area (Å²) in [5.41, 5.74) is 6.99. The maximum Gasteiger partial charge on any atom is 0.128 e. The van der Waals surface area contributed by atoms with Crippen LogP contribution in [0.1, 0.15) is 40.3 Å². The Morgan fingerprint density at radius 2 is 1.74 bits per heavy atom. The summed E-state index contributed by atoms with van der Waals surface area (Å²) in [6.07, 6.45) is 0.865. The van der Waals surface area contributed by atoms with Gasteiger partial charge in [0.15, 0.2) is 0 Å². The average molecular weight is 329 g/mol. The maximum absolute atomic E-state index is 8.33. The molecule has 2 rings (SSSR count). The lowest BCUT2D eigenvalue weighted by Gasteiger charge is -2.21. The van der Waals surface area contributed by atoms with Gasteiger partial charge in [0.2, 0.25) is 0 Å². The number of nitrogens with zero attached hydrogens (tertiary/aromatic N) is 1. The summed E-state index contributed by atoms with van der Waals surface area (Å²) in [6.45, 7) is 9.12. The van der Waals surface area contributed by atoms with Gasteiger partial charge in [-0.25, -0.2) is 0 Å². The van der Waals surface area contributed by atoms with Crippen molar-refractivity contribution >= 4 is 17.4 Å². The standard InChI is InChI=1S/C20H25ClN2/c1-6-23(5)20(22)18-10-14(3)17(9-15(18)4)11-16-8-7-13(2)19(21)12-16/h7-10,12,22H,6,11H2,1-5H3. The third-order valence-corrected chi connectivity index (χ3v) is 4.83. The van der Waals surface area contributed by atoms with E-state index >= 15 is 0 Å². The van der Waals surface area contributed by atoms with Crippen molar-refractivity contribution in [2.75, 3.05) is 13.6 Å². The smallest absolute Gasteiger partial charge is 0.128 e. The molecule has 0 aliphatic rings. The van der Waals surface area contributed by atoms with Crippen LogP contribution in [0.15, 0.2) is 30.3 Å². The van der Waals surface area contributed by atoms with E-state index in [9.17, 15) is 0 Å². The predicted octanol–water partition coefficient (Wildman–Crippen LogP) is 5.13. The molecule has 0 unspecified atom stereocenters. The molecule has 0 aliphatic heterocycles. The SMILES string of the molecule is CCN(C)C(=N)c1cc(C)c(Cc2ccc(C)c(Cl)c2)cc1C. The van der Waals surface area contributed by atoms with E-state index in [1.54, 1.807) is 0 Å². The molecule has 0 aliphatic carbocycles. The lowest BCUT2D eigenvalue weighted by molar-refractivity contribution is 0.532. The first-order valence-corrected chi connectivity index (χ1v) is 8.36. The molecule has 0 spiro atoms. The van der Waals surface area contributed by atoms with Gasteiger partial charge in [-0.2, -0.15) is 0 Å². The molecule has 2 nitrogen and oxygen atoms in total. The summed E-state index contributed by atoms with van der Waals surface area (Å²) in [4.78, 5) is 1.96. The minimum Gasteiger partial charge on any atom is -0.360 e. The molecule has 0 saturated carbocycles. The highest BCUT2D eigenvalue weighted by atomic mass is 35.5. The van der Waals surface area contributed by atoms with E-state index < -0.39 is 0 Å². The second-order valence-electron chi connectivity index (χ2n) is 6.22. The number of rotatable bonds is 4. The maximum atomic E-state index is 8.33. The number of hydrogen-bond donors (Lipinski definition) is 1. The Morgan fingerprint density at radius 3 is 2.35 bits per heavy atom. The van der Waals surface area contributed by atoms with Gasteiger partial charge in [-0.15, -0.1) is 0 Å². The van der Waals surface area contributed by atoms with Crippen LogP contribution in [-0.4, -0.2) is 24.3 Å². The summed E-state index contributed by atoms with van der Waals surface area (Å²) >= 11 is 6.24. The normalized spacial score (nSPS) is 10.7. The molecule has 122 valence electrons. The lowest BCUT2D eigenvalue weighted by atomic mass is 9.94. The van der Waals surface area contributed by atoms with Crippen molar-refractivity contribution in [2.24, 2.45) is 0 Å². The second-order valence-corrected chi connectivity index (χ2v) is 6.62. The van der Waals surface area contributed by atoms with Crippen LogP contribution in [0.2, 0.25) is 5.02 Å². The number of aryl methyl sites for hydroxylation is 3. The Hall–Kier alpha value is -1.80. The Bertz CT molecular complexity index is 735. The topological polar surface area (TPSA) is 27.1 Å². The van der Waals surface area contributed by atoms with Crippen LogP contribution >= 0.6 is 11.6 Å². The van der Waals surface area contributed by atoms with Gasteiger partial charge in [-0.05, 0) is 74.1 Å². The Morgan fingerprint density at radius 1 is 1.04 bits per heavy atom. The summed E-state index contributed by atoms with van der Waals surface area (Å²) in [5.74, 6) is 0.582. The number of hydrogen-bond acceptors (Lipinski definition) is 1. The summed E-state index contributed by atoms with van der Waals surface area (Å²) in [5, 5.41) is 9.14. The molecule has 23 heavy (non-hydrogen) atoms. The molecule has 3 heteroatoms. The van der Waals surface area contributed by atoms with Crippen molar-refractivity contribution in [3.63, 3.8) is 0 Å². The van der Waals surface area contributed by atoms with E-state index in [1.165, 1.54) is 16.7 Å². The van der Waals surface area contributed by atoms with Gasteiger partial charge in [0, 0.05) is 24.2 Å². The minimum atomic E-state index is 0.582. The van der Waals surface area contributed by atoms with Gasteiger partial charge < -0.3 is 4.90 Å². The largest absolute Gasteiger partial charge is 0.360 e. The fraction of sp³-hybridized carbons (Fsp3) is 0.350. The fourth-order valence-electron chi connectivity index (χ4n) is 2.65. The summed E-state index contributed by atoms with van der Waals surface area (Å²) < 4.78 is 0. The number of benzene rings is 2. The number of nitrogens with one attached hydrogen (secondary N) is 1. The molecule has 0 aromatic heterocycles. The van der Waals surface area contributed by atoms with Crippen molar-refractivity contribution in [1.29, 1.82) is 5.41 Å².